The van der Waals surface area contributed by atoms with Crippen LogP contribution < -0.4 is 5.32 Å². The van der Waals surface area contributed by atoms with Crippen LogP contribution in [0.3, 0.4) is 0 Å². The predicted molar refractivity (Wildman–Crippen MR) is 112 cm³/mol. The highest BCUT2D eigenvalue weighted by molar-refractivity contribution is 7.10. The molecule has 2 atom stereocenters. The molecule has 2 fully saturated rings. The molecule has 2 aromatic rings. The topological polar surface area (TPSA) is 69.7 Å². The van der Waals surface area contributed by atoms with E-state index in [-0.39, 0.29) is 23.5 Å². The van der Waals surface area contributed by atoms with Crippen LogP contribution in [0.2, 0.25) is 10.0 Å². The number of nitrogens with zero attached hydrogens (tertiary/aromatic N) is 2. The summed E-state index contributed by atoms with van der Waals surface area (Å²) in [5.74, 6) is -0.747. The summed E-state index contributed by atoms with van der Waals surface area (Å²) in [5, 5.41) is 5.37. The highest BCUT2D eigenvalue weighted by Crippen LogP contribution is 2.37. The van der Waals surface area contributed by atoms with Gasteiger partial charge in [-0.1, -0.05) is 35.3 Å². The van der Waals surface area contributed by atoms with Crippen LogP contribution in [-0.4, -0.2) is 40.7 Å². The van der Waals surface area contributed by atoms with E-state index in [2.05, 4.69) is 5.32 Å². The van der Waals surface area contributed by atoms with Gasteiger partial charge in [-0.2, -0.15) is 0 Å². The maximum atomic E-state index is 13.1. The first-order chi connectivity index (χ1) is 13.8. The van der Waals surface area contributed by atoms with Gasteiger partial charge in [0.05, 0.1) is 6.04 Å². The molecule has 6 nitrogen and oxygen atoms in total. The minimum atomic E-state index is -1.35. The Morgan fingerprint density at radius 2 is 2.10 bits per heavy atom. The van der Waals surface area contributed by atoms with Crippen LogP contribution in [0.1, 0.15) is 36.2 Å². The summed E-state index contributed by atoms with van der Waals surface area (Å²) in [4.78, 5) is 42.5. The third-order valence-corrected chi connectivity index (χ3v) is 7.00. The van der Waals surface area contributed by atoms with Crippen molar-refractivity contribution >= 4 is 52.4 Å². The molecular weight excluding hydrogens is 433 g/mol. The number of nitrogens with one attached hydrogen (secondary N) is 1. The molecule has 2 aliphatic heterocycles. The largest absolute Gasteiger partial charge is 0.333 e. The average molecular weight is 452 g/mol. The van der Waals surface area contributed by atoms with E-state index < -0.39 is 17.5 Å². The number of rotatable bonds is 4. The van der Waals surface area contributed by atoms with E-state index in [9.17, 15) is 14.4 Å². The Bertz CT molecular complexity index is 981. The van der Waals surface area contributed by atoms with Crippen LogP contribution in [-0.2, 0) is 15.1 Å². The summed E-state index contributed by atoms with van der Waals surface area (Å²) in [6.07, 6.45) is 1.77. The zero-order chi connectivity index (χ0) is 20.8. The standard InChI is InChI=1S/C20H19Cl2N3O3S/c1-20(13-7-6-12(21)10-14(13)22)18(27)25(19(28)23-20)11-17(26)24-8-2-4-15(24)16-5-3-9-29-16/h3,5-7,9-10,15H,2,4,8,11H2,1H3,(H,23,28). The van der Waals surface area contributed by atoms with Crippen LogP contribution in [0.15, 0.2) is 35.7 Å². The van der Waals surface area contributed by atoms with E-state index >= 15 is 0 Å². The van der Waals surface area contributed by atoms with Gasteiger partial charge in [0, 0.05) is 27.0 Å². The molecule has 4 amide bonds. The van der Waals surface area contributed by atoms with Gasteiger partial charge >= 0.3 is 6.03 Å². The van der Waals surface area contributed by atoms with Crippen molar-refractivity contribution in [3.05, 3.63) is 56.2 Å². The quantitative estimate of drug-likeness (QED) is 0.708. The summed E-state index contributed by atoms with van der Waals surface area (Å²) in [5.41, 5.74) is -0.911. The van der Waals surface area contributed by atoms with Crippen molar-refractivity contribution in [1.82, 2.24) is 15.1 Å². The zero-order valence-corrected chi connectivity index (χ0v) is 18.0. The molecule has 1 N–H and O–H groups in total. The van der Waals surface area contributed by atoms with Gasteiger partial charge in [-0.05, 0) is 43.3 Å². The Labute approximate surface area is 182 Å². The Morgan fingerprint density at radius 1 is 1.31 bits per heavy atom. The fourth-order valence-electron chi connectivity index (χ4n) is 3.99. The van der Waals surface area contributed by atoms with Gasteiger partial charge in [0.1, 0.15) is 12.1 Å². The van der Waals surface area contributed by atoms with Crippen LogP contribution in [0.5, 0.6) is 0 Å². The second-order valence-electron chi connectivity index (χ2n) is 7.33. The van der Waals surface area contributed by atoms with Gasteiger partial charge in [0.2, 0.25) is 5.91 Å². The van der Waals surface area contributed by atoms with Crippen molar-refractivity contribution < 1.29 is 14.4 Å². The Balaban J connectivity index is 1.54. The van der Waals surface area contributed by atoms with E-state index in [0.29, 0.717) is 17.1 Å². The Kier molecular flexibility index (Phi) is 5.31. The number of likely N-dealkylation sites (tertiary alicyclic amines) is 1. The maximum absolute atomic E-state index is 13.1. The normalized spacial score (nSPS) is 24.3. The Morgan fingerprint density at radius 3 is 2.79 bits per heavy atom. The van der Waals surface area contributed by atoms with Crippen molar-refractivity contribution in [2.75, 3.05) is 13.1 Å². The molecule has 152 valence electrons. The molecule has 2 aliphatic rings. The molecular formula is C20H19Cl2N3O3S. The van der Waals surface area contributed by atoms with Crippen LogP contribution in [0.25, 0.3) is 0 Å². The van der Waals surface area contributed by atoms with Gasteiger partial charge in [0.15, 0.2) is 0 Å². The molecule has 4 rings (SSSR count). The lowest BCUT2D eigenvalue weighted by atomic mass is 9.92. The summed E-state index contributed by atoms with van der Waals surface area (Å²) in [6.45, 7) is 1.90. The van der Waals surface area contributed by atoms with Crippen molar-refractivity contribution in [2.45, 2.75) is 31.3 Å². The fourth-order valence-corrected chi connectivity index (χ4v) is 5.46. The van der Waals surface area contributed by atoms with Gasteiger partial charge in [0.25, 0.3) is 5.91 Å². The molecule has 9 heteroatoms. The van der Waals surface area contributed by atoms with Crippen molar-refractivity contribution in [1.29, 1.82) is 0 Å². The second-order valence-corrected chi connectivity index (χ2v) is 9.15. The highest BCUT2D eigenvalue weighted by atomic mass is 35.5. The summed E-state index contributed by atoms with van der Waals surface area (Å²) in [6, 6.07) is 8.10. The number of carbonyl (C=O) groups excluding carboxylic acids is 3. The van der Waals surface area contributed by atoms with E-state index in [1.807, 2.05) is 17.5 Å². The van der Waals surface area contributed by atoms with Crippen molar-refractivity contribution in [3.63, 3.8) is 0 Å². The lowest BCUT2D eigenvalue weighted by Crippen LogP contribution is -2.44. The molecule has 0 aliphatic carbocycles. The number of thiophene rings is 1. The number of carbonyl (C=O) groups is 3. The summed E-state index contributed by atoms with van der Waals surface area (Å²) >= 11 is 13.8. The molecule has 1 aromatic heterocycles. The third kappa shape index (κ3) is 3.52. The van der Waals surface area contributed by atoms with E-state index in [4.69, 9.17) is 23.2 Å². The monoisotopic (exact) mass is 451 g/mol. The van der Waals surface area contributed by atoms with Crippen LogP contribution in [0, 0.1) is 0 Å². The molecule has 2 saturated heterocycles. The van der Waals surface area contributed by atoms with E-state index in [1.165, 1.54) is 6.07 Å². The minimum absolute atomic E-state index is 0.000333. The van der Waals surface area contributed by atoms with Gasteiger partial charge < -0.3 is 10.2 Å². The fraction of sp³-hybridized carbons (Fsp3) is 0.350. The third-order valence-electron chi connectivity index (χ3n) is 5.48. The Hall–Kier alpha value is -2.09. The van der Waals surface area contributed by atoms with Gasteiger partial charge in [-0.25, -0.2) is 4.79 Å². The molecule has 1 aromatic carbocycles. The number of urea groups is 1. The zero-order valence-electron chi connectivity index (χ0n) is 15.7. The van der Waals surface area contributed by atoms with Gasteiger partial charge in [-0.3, -0.25) is 14.5 Å². The molecule has 29 heavy (non-hydrogen) atoms. The number of amides is 4. The highest BCUT2D eigenvalue weighted by Gasteiger charge is 2.51. The lowest BCUT2D eigenvalue weighted by Gasteiger charge is -2.26. The van der Waals surface area contributed by atoms with E-state index in [1.54, 1.807) is 35.3 Å². The van der Waals surface area contributed by atoms with Crippen LogP contribution in [0.4, 0.5) is 4.79 Å². The first-order valence-corrected chi connectivity index (χ1v) is 10.9. The molecule has 3 heterocycles. The summed E-state index contributed by atoms with van der Waals surface area (Å²) in [7, 11) is 0. The summed E-state index contributed by atoms with van der Waals surface area (Å²) < 4.78 is 0. The number of benzene rings is 1. The second kappa shape index (κ2) is 7.63. The molecule has 0 spiro atoms. The SMILES string of the molecule is CC1(c2ccc(Cl)cc2Cl)NC(=O)N(CC(=O)N2CCCC2c2cccs2)C1=O. The first kappa shape index (κ1) is 20.2. The minimum Gasteiger partial charge on any atom is -0.333 e. The molecule has 0 radical (unpaired) electrons. The van der Waals surface area contributed by atoms with Crippen LogP contribution >= 0.6 is 34.5 Å². The van der Waals surface area contributed by atoms with Crippen molar-refractivity contribution in [3.8, 4) is 0 Å². The molecule has 0 bridgehead atoms. The first-order valence-electron chi connectivity index (χ1n) is 9.24. The average Bonchev–Trinajstić information content (AvgIpc) is 3.38. The molecule has 2 unspecified atom stereocenters. The molecule has 0 saturated carbocycles. The number of imide groups is 1. The lowest BCUT2D eigenvalue weighted by molar-refractivity contribution is -0.139. The van der Waals surface area contributed by atoms with Gasteiger partial charge in [-0.15, -0.1) is 11.3 Å². The number of hydrogen-bond donors (Lipinski definition) is 1. The number of halogens is 2. The predicted octanol–water partition coefficient (Wildman–Crippen LogP) is 4.19. The number of hydrogen-bond acceptors (Lipinski definition) is 4. The maximum Gasteiger partial charge on any atom is 0.325 e. The van der Waals surface area contributed by atoms with E-state index in [0.717, 1.165) is 22.6 Å². The smallest absolute Gasteiger partial charge is 0.325 e. The van der Waals surface area contributed by atoms with Crippen molar-refractivity contribution in [2.24, 2.45) is 0 Å².